The van der Waals surface area contributed by atoms with Crippen LogP contribution in [0.15, 0.2) is 24.3 Å². The summed E-state index contributed by atoms with van der Waals surface area (Å²) in [5, 5.41) is 13.1. The van der Waals surface area contributed by atoms with Crippen LogP contribution in [0.4, 0.5) is 5.69 Å². The maximum absolute atomic E-state index is 10.8. The number of rotatable bonds is 7. The average Bonchev–Trinajstić information content (AvgIpc) is 2.38. The summed E-state index contributed by atoms with van der Waals surface area (Å²) in [5.41, 5.74) is 6.32. The van der Waals surface area contributed by atoms with Gasteiger partial charge >= 0.3 is 0 Å². The molecule has 1 rings (SSSR count). The molecule has 0 aromatic heterocycles. The van der Waals surface area contributed by atoms with Crippen molar-refractivity contribution in [1.29, 1.82) is 0 Å². The zero-order chi connectivity index (χ0) is 13.4. The highest BCUT2D eigenvalue weighted by Gasteiger charge is 2.03. The van der Waals surface area contributed by atoms with Crippen molar-refractivity contribution in [2.75, 3.05) is 13.1 Å². The van der Waals surface area contributed by atoms with E-state index >= 15 is 0 Å². The fourth-order valence-corrected chi connectivity index (χ4v) is 1.54. The van der Waals surface area contributed by atoms with Crippen LogP contribution in [0.25, 0.3) is 0 Å². The minimum Gasteiger partial charge on any atom is -0.355 e. The van der Waals surface area contributed by atoms with Gasteiger partial charge in [0.05, 0.1) is 11.5 Å². The summed E-state index contributed by atoms with van der Waals surface area (Å²) in [4.78, 5) is 20.9. The Morgan fingerprint density at radius 1 is 1.28 bits per heavy atom. The number of nitro groups is 1. The number of nitrogens with one attached hydrogen (secondary N) is 1. The largest absolute Gasteiger partial charge is 0.355 e. The second-order valence-corrected chi connectivity index (χ2v) is 3.93. The maximum Gasteiger partial charge on any atom is 0.269 e. The van der Waals surface area contributed by atoms with Crippen molar-refractivity contribution in [2.24, 2.45) is 5.73 Å². The lowest BCUT2D eigenvalue weighted by atomic mass is 10.1. The van der Waals surface area contributed by atoms with E-state index < -0.39 is 4.92 Å². The van der Waals surface area contributed by atoms with Crippen molar-refractivity contribution in [2.45, 2.75) is 19.3 Å². The van der Waals surface area contributed by atoms with Crippen LogP contribution < -0.4 is 11.1 Å². The van der Waals surface area contributed by atoms with E-state index in [4.69, 9.17) is 5.73 Å². The first-order valence-electron chi connectivity index (χ1n) is 5.83. The zero-order valence-electron chi connectivity index (χ0n) is 10.1. The Labute approximate surface area is 105 Å². The average molecular weight is 251 g/mol. The second kappa shape index (κ2) is 7.39. The molecule has 0 aliphatic carbocycles. The first-order chi connectivity index (χ1) is 8.63. The molecule has 1 amide bonds. The molecule has 0 bridgehead atoms. The number of nitrogens with zero attached hydrogens (tertiary/aromatic N) is 1. The summed E-state index contributed by atoms with van der Waals surface area (Å²) in [6.45, 7) is 0.630. The Kier molecular flexibility index (Phi) is 5.79. The van der Waals surface area contributed by atoms with Crippen LogP contribution >= 0.6 is 0 Å². The smallest absolute Gasteiger partial charge is 0.269 e. The van der Waals surface area contributed by atoms with Crippen LogP contribution in [0, 0.1) is 10.1 Å². The topological polar surface area (TPSA) is 98.3 Å². The van der Waals surface area contributed by atoms with Gasteiger partial charge in [-0.15, -0.1) is 0 Å². The van der Waals surface area contributed by atoms with Crippen molar-refractivity contribution >= 4 is 11.6 Å². The number of amides is 1. The van der Waals surface area contributed by atoms with Crippen LogP contribution in [0.3, 0.4) is 0 Å². The molecule has 0 unspecified atom stereocenters. The lowest BCUT2D eigenvalue weighted by molar-refractivity contribution is -0.384. The minimum atomic E-state index is -0.411. The molecular weight excluding hydrogens is 234 g/mol. The van der Waals surface area contributed by atoms with E-state index in [0.717, 1.165) is 24.8 Å². The Morgan fingerprint density at radius 2 is 1.94 bits per heavy atom. The Morgan fingerprint density at radius 3 is 2.50 bits per heavy atom. The van der Waals surface area contributed by atoms with Crippen molar-refractivity contribution in [3.8, 4) is 0 Å². The zero-order valence-corrected chi connectivity index (χ0v) is 10.1. The predicted molar refractivity (Wildman–Crippen MR) is 68.1 cm³/mol. The molecule has 1 aromatic carbocycles. The molecule has 0 aliphatic heterocycles. The van der Waals surface area contributed by atoms with Crippen LogP contribution in [-0.2, 0) is 11.2 Å². The van der Waals surface area contributed by atoms with Crippen LogP contribution in [0.1, 0.15) is 18.4 Å². The van der Waals surface area contributed by atoms with E-state index in [2.05, 4.69) is 5.32 Å². The van der Waals surface area contributed by atoms with E-state index in [1.54, 1.807) is 12.1 Å². The second-order valence-electron chi connectivity index (χ2n) is 3.93. The molecule has 0 saturated heterocycles. The molecule has 0 spiro atoms. The monoisotopic (exact) mass is 251 g/mol. The number of non-ortho nitro benzene ring substituents is 1. The van der Waals surface area contributed by atoms with Gasteiger partial charge in [0.25, 0.3) is 5.69 Å². The normalized spacial score (nSPS) is 10.1. The molecule has 0 fully saturated rings. The van der Waals surface area contributed by atoms with Gasteiger partial charge in [-0.3, -0.25) is 14.9 Å². The van der Waals surface area contributed by atoms with E-state index in [-0.39, 0.29) is 18.1 Å². The molecule has 0 atom stereocenters. The standard InChI is InChI=1S/C12H17N3O3/c13-9-12(16)14-8-2-1-3-10-4-6-11(7-5-10)15(17)18/h4-7H,1-3,8-9,13H2,(H,14,16). The van der Waals surface area contributed by atoms with E-state index in [1.807, 2.05) is 0 Å². The SMILES string of the molecule is NCC(=O)NCCCCc1ccc([N+](=O)[O-])cc1. The Balaban J connectivity index is 2.23. The number of carbonyl (C=O) groups is 1. The number of carbonyl (C=O) groups excluding carboxylic acids is 1. The van der Waals surface area contributed by atoms with Crippen molar-refractivity contribution in [1.82, 2.24) is 5.32 Å². The summed E-state index contributed by atoms with van der Waals surface area (Å²) in [5.74, 6) is -0.148. The summed E-state index contributed by atoms with van der Waals surface area (Å²) in [6.07, 6.45) is 2.63. The molecule has 0 radical (unpaired) electrons. The molecule has 0 saturated carbocycles. The van der Waals surface area contributed by atoms with E-state index in [9.17, 15) is 14.9 Å². The van der Waals surface area contributed by atoms with Crippen LogP contribution in [0.2, 0.25) is 0 Å². The molecule has 18 heavy (non-hydrogen) atoms. The molecule has 3 N–H and O–H groups in total. The highest BCUT2D eigenvalue weighted by Crippen LogP contribution is 2.13. The quantitative estimate of drug-likeness (QED) is 0.429. The minimum absolute atomic E-state index is 0.0162. The molecule has 6 nitrogen and oxygen atoms in total. The number of benzene rings is 1. The van der Waals surface area contributed by atoms with Crippen molar-refractivity contribution < 1.29 is 9.72 Å². The molecule has 98 valence electrons. The predicted octanol–water partition coefficient (Wildman–Crippen LogP) is 0.992. The summed E-state index contributed by atoms with van der Waals surface area (Å²) >= 11 is 0. The summed E-state index contributed by atoms with van der Waals surface area (Å²) < 4.78 is 0. The fourth-order valence-electron chi connectivity index (χ4n) is 1.54. The number of nitro benzene ring substituents is 1. The third-order valence-electron chi connectivity index (χ3n) is 2.55. The van der Waals surface area contributed by atoms with E-state index in [1.165, 1.54) is 12.1 Å². The molecule has 0 aliphatic rings. The highest BCUT2D eigenvalue weighted by atomic mass is 16.6. The number of unbranched alkanes of at least 4 members (excludes halogenated alkanes) is 1. The molecule has 0 heterocycles. The third-order valence-corrected chi connectivity index (χ3v) is 2.55. The molecule has 1 aromatic rings. The lowest BCUT2D eigenvalue weighted by Gasteiger charge is -2.03. The molecular formula is C12H17N3O3. The third kappa shape index (κ3) is 4.92. The van der Waals surface area contributed by atoms with Gasteiger partial charge < -0.3 is 11.1 Å². The summed E-state index contributed by atoms with van der Waals surface area (Å²) in [6, 6.07) is 6.53. The van der Waals surface area contributed by atoms with Gasteiger partial charge in [-0.05, 0) is 24.8 Å². The van der Waals surface area contributed by atoms with Gasteiger partial charge in [0.15, 0.2) is 0 Å². The number of hydrogen-bond acceptors (Lipinski definition) is 4. The number of nitrogens with two attached hydrogens (primary N) is 1. The Hall–Kier alpha value is -1.95. The highest BCUT2D eigenvalue weighted by molar-refractivity contribution is 5.77. The van der Waals surface area contributed by atoms with Gasteiger partial charge in [0.1, 0.15) is 0 Å². The lowest BCUT2D eigenvalue weighted by Crippen LogP contribution is -2.30. The van der Waals surface area contributed by atoms with Gasteiger partial charge in [-0.25, -0.2) is 0 Å². The van der Waals surface area contributed by atoms with Crippen LogP contribution in [-0.4, -0.2) is 23.9 Å². The van der Waals surface area contributed by atoms with Gasteiger partial charge in [-0.2, -0.15) is 0 Å². The van der Waals surface area contributed by atoms with Crippen molar-refractivity contribution in [3.05, 3.63) is 39.9 Å². The summed E-state index contributed by atoms with van der Waals surface area (Å²) in [7, 11) is 0. The van der Waals surface area contributed by atoms with Gasteiger partial charge in [0, 0.05) is 18.7 Å². The fraction of sp³-hybridized carbons (Fsp3) is 0.417. The first-order valence-corrected chi connectivity index (χ1v) is 5.83. The van der Waals surface area contributed by atoms with Crippen molar-refractivity contribution in [3.63, 3.8) is 0 Å². The Bertz CT molecular complexity index is 404. The van der Waals surface area contributed by atoms with Gasteiger partial charge in [-0.1, -0.05) is 12.1 Å². The maximum atomic E-state index is 10.8. The number of hydrogen-bond donors (Lipinski definition) is 2. The van der Waals surface area contributed by atoms with E-state index in [0.29, 0.717) is 6.54 Å². The number of aryl methyl sites for hydroxylation is 1. The first kappa shape index (κ1) is 14.1. The van der Waals surface area contributed by atoms with Gasteiger partial charge in [0.2, 0.25) is 5.91 Å². The molecule has 6 heteroatoms. The van der Waals surface area contributed by atoms with Crippen LogP contribution in [0.5, 0.6) is 0 Å².